The number of hydrogen-bond donors (Lipinski definition) is 1. The highest BCUT2D eigenvalue weighted by Gasteiger charge is 2.06. The van der Waals surface area contributed by atoms with E-state index in [1.807, 2.05) is 24.3 Å². The lowest BCUT2D eigenvalue weighted by molar-refractivity contribution is -0.121. The van der Waals surface area contributed by atoms with E-state index in [0.717, 1.165) is 11.1 Å². The van der Waals surface area contributed by atoms with Crippen molar-refractivity contribution in [2.75, 3.05) is 0 Å². The van der Waals surface area contributed by atoms with Crippen molar-refractivity contribution in [3.8, 4) is 11.3 Å². The van der Waals surface area contributed by atoms with Gasteiger partial charge in [0.15, 0.2) is 0 Å². The van der Waals surface area contributed by atoms with Crippen LogP contribution in [-0.2, 0) is 17.9 Å². The van der Waals surface area contributed by atoms with Gasteiger partial charge in [-0.15, -0.1) is 0 Å². The van der Waals surface area contributed by atoms with Crippen LogP contribution < -0.4 is 10.9 Å². The summed E-state index contributed by atoms with van der Waals surface area (Å²) in [5.74, 6) is -0.0664. The average molecular weight is 383 g/mol. The van der Waals surface area contributed by atoms with Gasteiger partial charge in [0.2, 0.25) is 5.91 Å². The fourth-order valence-electron chi connectivity index (χ4n) is 2.57. The molecular formula is C20H19ClN4O2. The van der Waals surface area contributed by atoms with Crippen molar-refractivity contribution in [2.24, 2.45) is 0 Å². The van der Waals surface area contributed by atoms with Crippen LogP contribution in [0.15, 0.2) is 65.7 Å². The standard InChI is InChI=1S/C20H19ClN4O2/c21-17-5-3-15(4-6-17)14-23-19(26)2-1-13-25-20(27)8-7-18(24-25)16-9-11-22-12-10-16/h3-12H,1-2,13-14H2,(H,23,26). The molecule has 0 unspecified atom stereocenters. The first kappa shape index (κ1) is 18.8. The molecule has 0 spiro atoms. The van der Waals surface area contributed by atoms with E-state index in [1.165, 1.54) is 10.7 Å². The van der Waals surface area contributed by atoms with Gasteiger partial charge in [0.25, 0.3) is 5.56 Å². The van der Waals surface area contributed by atoms with Crippen molar-refractivity contribution < 1.29 is 4.79 Å². The lowest BCUT2D eigenvalue weighted by Gasteiger charge is -2.08. The van der Waals surface area contributed by atoms with E-state index in [1.54, 1.807) is 30.6 Å². The maximum absolute atomic E-state index is 12.0. The Hall–Kier alpha value is -2.99. The Labute approximate surface area is 161 Å². The van der Waals surface area contributed by atoms with Crippen LogP contribution in [0.1, 0.15) is 18.4 Å². The normalized spacial score (nSPS) is 10.6. The van der Waals surface area contributed by atoms with E-state index in [4.69, 9.17) is 11.6 Å². The lowest BCUT2D eigenvalue weighted by atomic mass is 10.2. The van der Waals surface area contributed by atoms with Gasteiger partial charge in [-0.25, -0.2) is 4.68 Å². The number of carbonyl (C=O) groups is 1. The number of aromatic nitrogens is 3. The third-order valence-corrected chi connectivity index (χ3v) is 4.27. The molecular weight excluding hydrogens is 364 g/mol. The van der Waals surface area contributed by atoms with Crippen molar-refractivity contribution in [1.29, 1.82) is 0 Å². The predicted molar refractivity (Wildman–Crippen MR) is 104 cm³/mol. The number of pyridine rings is 1. The van der Waals surface area contributed by atoms with Gasteiger partial charge < -0.3 is 5.32 Å². The van der Waals surface area contributed by atoms with Crippen molar-refractivity contribution in [1.82, 2.24) is 20.1 Å². The van der Waals surface area contributed by atoms with Crippen LogP contribution in [0.5, 0.6) is 0 Å². The van der Waals surface area contributed by atoms with Gasteiger partial charge in [-0.2, -0.15) is 5.10 Å². The number of benzene rings is 1. The molecule has 7 heteroatoms. The summed E-state index contributed by atoms with van der Waals surface area (Å²) < 4.78 is 1.39. The molecule has 3 rings (SSSR count). The minimum atomic E-state index is -0.186. The molecule has 0 atom stereocenters. The van der Waals surface area contributed by atoms with Crippen LogP contribution in [0.2, 0.25) is 5.02 Å². The molecule has 0 aliphatic heterocycles. The summed E-state index contributed by atoms with van der Waals surface area (Å²) in [4.78, 5) is 28.0. The molecule has 3 aromatic rings. The molecule has 2 heterocycles. The Morgan fingerprint density at radius 3 is 2.52 bits per heavy atom. The van der Waals surface area contributed by atoms with Gasteiger partial charge in [-0.3, -0.25) is 14.6 Å². The first-order chi connectivity index (χ1) is 13.1. The fourth-order valence-corrected chi connectivity index (χ4v) is 2.69. The van der Waals surface area contributed by atoms with E-state index in [9.17, 15) is 9.59 Å². The average Bonchev–Trinajstić information content (AvgIpc) is 2.69. The predicted octanol–water partition coefficient (Wildman–Crippen LogP) is 3.06. The molecule has 0 saturated carbocycles. The van der Waals surface area contributed by atoms with Gasteiger partial charge in [-0.1, -0.05) is 23.7 Å². The zero-order valence-corrected chi connectivity index (χ0v) is 15.4. The SMILES string of the molecule is O=C(CCCn1nc(-c2ccncc2)ccc1=O)NCc1ccc(Cl)cc1. The Bertz CT molecular complexity index is 956. The quantitative estimate of drug-likeness (QED) is 0.681. The van der Waals surface area contributed by atoms with Crippen LogP contribution >= 0.6 is 11.6 Å². The first-order valence-electron chi connectivity index (χ1n) is 8.61. The Balaban J connectivity index is 1.51. The number of carbonyl (C=O) groups excluding carboxylic acids is 1. The molecule has 0 saturated heterocycles. The van der Waals surface area contributed by atoms with Gasteiger partial charge in [0.1, 0.15) is 0 Å². The molecule has 1 aromatic carbocycles. The minimum Gasteiger partial charge on any atom is -0.352 e. The summed E-state index contributed by atoms with van der Waals surface area (Å²) in [6, 6.07) is 14.2. The van der Waals surface area contributed by atoms with Gasteiger partial charge in [0.05, 0.1) is 5.69 Å². The molecule has 0 bridgehead atoms. The molecule has 138 valence electrons. The van der Waals surface area contributed by atoms with E-state index in [-0.39, 0.29) is 11.5 Å². The topological polar surface area (TPSA) is 76.9 Å². The van der Waals surface area contributed by atoms with E-state index < -0.39 is 0 Å². The third-order valence-electron chi connectivity index (χ3n) is 4.02. The Morgan fingerprint density at radius 2 is 1.78 bits per heavy atom. The number of nitrogens with one attached hydrogen (secondary N) is 1. The van der Waals surface area contributed by atoms with Gasteiger partial charge in [0, 0.05) is 48.6 Å². The number of hydrogen-bond acceptors (Lipinski definition) is 4. The summed E-state index contributed by atoms with van der Waals surface area (Å²) in [5.41, 5.74) is 2.38. The summed E-state index contributed by atoms with van der Waals surface area (Å²) in [5, 5.41) is 7.90. The second kappa shape index (κ2) is 9.09. The van der Waals surface area contributed by atoms with E-state index >= 15 is 0 Å². The van der Waals surface area contributed by atoms with Crippen LogP contribution in [0.3, 0.4) is 0 Å². The highest BCUT2D eigenvalue weighted by molar-refractivity contribution is 6.30. The Kier molecular flexibility index (Phi) is 6.33. The van der Waals surface area contributed by atoms with Crippen LogP contribution in [-0.4, -0.2) is 20.7 Å². The van der Waals surface area contributed by atoms with Crippen LogP contribution in [0.4, 0.5) is 0 Å². The molecule has 2 aromatic heterocycles. The molecule has 1 N–H and O–H groups in total. The van der Waals surface area contributed by atoms with Crippen molar-refractivity contribution in [3.63, 3.8) is 0 Å². The minimum absolute atomic E-state index is 0.0664. The van der Waals surface area contributed by atoms with Gasteiger partial charge in [-0.05, 0) is 42.3 Å². The molecule has 0 aliphatic rings. The maximum Gasteiger partial charge on any atom is 0.266 e. The largest absolute Gasteiger partial charge is 0.352 e. The van der Waals surface area contributed by atoms with E-state index in [0.29, 0.717) is 36.6 Å². The van der Waals surface area contributed by atoms with Gasteiger partial charge >= 0.3 is 0 Å². The zero-order valence-electron chi connectivity index (χ0n) is 14.6. The van der Waals surface area contributed by atoms with Crippen molar-refractivity contribution in [3.05, 3.63) is 81.9 Å². The summed E-state index contributed by atoms with van der Waals surface area (Å²) >= 11 is 5.84. The molecule has 6 nitrogen and oxygen atoms in total. The van der Waals surface area contributed by atoms with Crippen LogP contribution in [0, 0.1) is 0 Å². The fraction of sp³-hybridized carbons (Fsp3) is 0.200. The Morgan fingerprint density at radius 1 is 1.04 bits per heavy atom. The lowest BCUT2D eigenvalue weighted by Crippen LogP contribution is -2.25. The summed E-state index contributed by atoms with van der Waals surface area (Å²) in [7, 11) is 0. The first-order valence-corrected chi connectivity index (χ1v) is 8.99. The number of aryl methyl sites for hydroxylation is 1. The van der Waals surface area contributed by atoms with Crippen molar-refractivity contribution >= 4 is 17.5 Å². The van der Waals surface area contributed by atoms with Crippen LogP contribution in [0.25, 0.3) is 11.3 Å². The molecule has 1 amide bonds. The highest BCUT2D eigenvalue weighted by atomic mass is 35.5. The molecule has 27 heavy (non-hydrogen) atoms. The summed E-state index contributed by atoms with van der Waals surface area (Å²) in [6.45, 7) is 0.831. The number of nitrogens with zero attached hydrogens (tertiary/aromatic N) is 3. The van der Waals surface area contributed by atoms with E-state index in [2.05, 4.69) is 15.4 Å². The smallest absolute Gasteiger partial charge is 0.266 e. The zero-order chi connectivity index (χ0) is 19.1. The molecule has 0 fully saturated rings. The maximum atomic E-state index is 12.0. The van der Waals surface area contributed by atoms with Crippen molar-refractivity contribution in [2.45, 2.75) is 25.9 Å². The third kappa shape index (κ3) is 5.49. The number of amides is 1. The molecule has 0 aliphatic carbocycles. The number of halogens is 1. The number of rotatable bonds is 7. The molecule has 0 radical (unpaired) electrons. The highest BCUT2D eigenvalue weighted by Crippen LogP contribution is 2.13. The second-order valence-electron chi connectivity index (χ2n) is 6.02. The second-order valence-corrected chi connectivity index (χ2v) is 6.46. The monoisotopic (exact) mass is 382 g/mol. The summed E-state index contributed by atoms with van der Waals surface area (Å²) in [6.07, 6.45) is 4.20.